The van der Waals surface area contributed by atoms with Crippen LogP contribution in [0.5, 0.6) is 5.75 Å². The Labute approximate surface area is 157 Å². The summed E-state index contributed by atoms with van der Waals surface area (Å²) >= 11 is 0. The maximum atomic E-state index is 12.2. The predicted molar refractivity (Wildman–Crippen MR) is 98.9 cm³/mol. The summed E-state index contributed by atoms with van der Waals surface area (Å²) in [4.78, 5) is 38.3. The van der Waals surface area contributed by atoms with E-state index in [4.69, 9.17) is 4.74 Å². The third kappa shape index (κ3) is 5.16. The first-order chi connectivity index (χ1) is 13.0. The molecule has 1 amide bonds. The highest BCUT2D eigenvalue weighted by atomic mass is 16.6. The van der Waals surface area contributed by atoms with Crippen molar-refractivity contribution in [3.63, 3.8) is 0 Å². The van der Waals surface area contributed by atoms with Crippen LogP contribution >= 0.6 is 0 Å². The Hall–Kier alpha value is -2.68. The summed E-state index contributed by atoms with van der Waals surface area (Å²) in [6.07, 6.45) is 4.51. The van der Waals surface area contributed by atoms with Gasteiger partial charge in [-0.1, -0.05) is 0 Å². The zero-order chi connectivity index (χ0) is 19.2. The number of unbranched alkanes of at least 4 members (excludes halogenated alkanes) is 1. The monoisotopic (exact) mass is 376 g/mol. The van der Waals surface area contributed by atoms with E-state index in [1.165, 1.54) is 44.1 Å². The molecule has 1 aromatic rings. The second-order valence-electron chi connectivity index (χ2n) is 6.85. The van der Waals surface area contributed by atoms with Crippen LogP contribution in [0.3, 0.4) is 0 Å². The van der Waals surface area contributed by atoms with Crippen molar-refractivity contribution < 1.29 is 19.2 Å². The average molecular weight is 376 g/mol. The fraction of sp³-hybridized carbons (Fsp3) is 0.556. The molecule has 1 aromatic carbocycles. The molecule has 27 heavy (non-hydrogen) atoms. The van der Waals surface area contributed by atoms with Gasteiger partial charge < -0.3 is 19.9 Å². The van der Waals surface area contributed by atoms with Crippen LogP contribution in [0, 0.1) is 10.1 Å². The smallest absolute Gasteiger partial charge is 0.331 e. The molecule has 0 saturated carbocycles. The fourth-order valence-corrected chi connectivity index (χ4v) is 3.42. The van der Waals surface area contributed by atoms with E-state index in [0.717, 1.165) is 19.4 Å². The number of rotatable bonds is 8. The zero-order valence-corrected chi connectivity index (χ0v) is 15.2. The second kappa shape index (κ2) is 8.81. The largest absolute Gasteiger partial charge is 0.423 e. The Morgan fingerprint density at radius 3 is 2.78 bits per heavy atom. The number of likely N-dealkylation sites (tertiary alicyclic amines) is 1. The molecule has 2 aliphatic heterocycles. The van der Waals surface area contributed by atoms with Gasteiger partial charge in [-0.3, -0.25) is 14.9 Å². The van der Waals surface area contributed by atoms with Crippen LogP contribution in [0.25, 0.3) is 0 Å². The second-order valence-corrected chi connectivity index (χ2v) is 6.85. The Kier molecular flexibility index (Phi) is 6.23. The number of esters is 1. The molecule has 9 heteroatoms. The number of benzene rings is 1. The first kappa shape index (κ1) is 19.1. The first-order valence-corrected chi connectivity index (χ1v) is 9.26. The number of amides is 1. The number of fused-ring (bicyclic) bond motifs is 1. The molecule has 0 aromatic heterocycles. The van der Waals surface area contributed by atoms with Crippen molar-refractivity contribution in [2.45, 2.75) is 25.7 Å². The molecule has 1 fully saturated rings. The molecule has 1 saturated heterocycles. The molecular weight excluding hydrogens is 352 g/mol. The summed E-state index contributed by atoms with van der Waals surface area (Å²) in [5.74, 6) is -0.615. The lowest BCUT2D eigenvalue weighted by molar-refractivity contribution is -0.384. The number of hydrogen-bond donors (Lipinski definition) is 1. The molecule has 0 spiro atoms. The van der Waals surface area contributed by atoms with Crippen molar-refractivity contribution >= 4 is 23.3 Å². The van der Waals surface area contributed by atoms with Gasteiger partial charge in [-0.15, -0.1) is 0 Å². The average Bonchev–Trinajstić information content (AvgIpc) is 3.14. The number of non-ortho nitro benzene ring substituents is 1. The summed E-state index contributed by atoms with van der Waals surface area (Å²) < 4.78 is 5.07. The molecular formula is C18H24N4O5. The number of carbonyl (C=O) groups is 2. The number of nitro groups is 1. The Balaban J connectivity index is 1.47. The number of nitrogens with one attached hydrogen (secondary N) is 1. The van der Waals surface area contributed by atoms with Gasteiger partial charge in [0.2, 0.25) is 5.91 Å². The van der Waals surface area contributed by atoms with E-state index in [1.54, 1.807) is 4.90 Å². The molecule has 0 aliphatic carbocycles. The Bertz CT molecular complexity index is 718. The van der Waals surface area contributed by atoms with Crippen molar-refractivity contribution in [2.75, 3.05) is 44.2 Å². The van der Waals surface area contributed by atoms with E-state index in [0.29, 0.717) is 12.2 Å². The number of nitrogens with zero attached hydrogens (tertiary/aromatic N) is 3. The van der Waals surface area contributed by atoms with Crippen LogP contribution in [-0.2, 0) is 9.59 Å². The number of carbonyl (C=O) groups excluding carboxylic acids is 2. The standard InChI is InChI=1S/C18H24N4O5/c23-17(19-7-1-2-8-20-9-3-4-10-20)12-21-13-18(24)27-16-11-14(22(25)26)5-6-15(16)21/h5-6,11H,1-4,7-10,12-13H2,(H,19,23). The quantitative estimate of drug-likeness (QED) is 0.240. The highest BCUT2D eigenvalue weighted by molar-refractivity contribution is 5.89. The SMILES string of the molecule is O=C(CN1CC(=O)Oc2cc([N+](=O)[O-])ccc21)NCCCCN1CCCC1. The molecule has 9 nitrogen and oxygen atoms in total. The van der Waals surface area contributed by atoms with Crippen LogP contribution < -0.4 is 15.0 Å². The van der Waals surface area contributed by atoms with Crippen molar-refractivity contribution in [1.82, 2.24) is 10.2 Å². The minimum absolute atomic E-state index is 0.00599. The number of ether oxygens (including phenoxy) is 1. The van der Waals surface area contributed by atoms with E-state index >= 15 is 0 Å². The molecule has 0 bridgehead atoms. The molecule has 0 unspecified atom stereocenters. The zero-order valence-electron chi connectivity index (χ0n) is 15.2. The highest BCUT2D eigenvalue weighted by Crippen LogP contribution is 2.34. The normalized spacial score (nSPS) is 16.7. The molecule has 146 valence electrons. The predicted octanol–water partition coefficient (Wildman–Crippen LogP) is 1.31. The third-order valence-electron chi connectivity index (χ3n) is 4.80. The van der Waals surface area contributed by atoms with Gasteiger partial charge in [0.05, 0.1) is 23.2 Å². The van der Waals surface area contributed by atoms with Gasteiger partial charge in [0.15, 0.2) is 5.75 Å². The summed E-state index contributed by atoms with van der Waals surface area (Å²) in [5, 5.41) is 13.7. The Morgan fingerprint density at radius 1 is 1.26 bits per heavy atom. The molecule has 0 radical (unpaired) electrons. The fourth-order valence-electron chi connectivity index (χ4n) is 3.42. The van der Waals surface area contributed by atoms with Crippen LogP contribution in [0.4, 0.5) is 11.4 Å². The molecule has 2 heterocycles. The van der Waals surface area contributed by atoms with E-state index in [1.807, 2.05) is 0 Å². The summed E-state index contributed by atoms with van der Waals surface area (Å²) in [5.41, 5.74) is 0.343. The maximum absolute atomic E-state index is 12.2. The van der Waals surface area contributed by atoms with Crippen LogP contribution in [0.1, 0.15) is 25.7 Å². The van der Waals surface area contributed by atoms with Gasteiger partial charge in [0, 0.05) is 12.6 Å². The molecule has 1 N–H and O–H groups in total. The summed E-state index contributed by atoms with van der Waals surface area (Å²) in [7, 11) is 0. The van der Waals surface area contributed by atoms with E-state index in [-0.39, 0.29) is 30.4 Å². The van der Waals surface area contributed by atoms with E-state index < -0.39 is 10.9 Å². The number of hydrogen-bond acceptors (Lipinski definition) is 7. The van der Waals surface area contributed by atoms with Gasteiger partial charge in [-0.2, -0.15) is 0 Å². The van der Waals surface area contributed by atoms with Crippen LogP contribution in [-0.4, -0.2) is 61.0 Å². The van der Waals surface area contributed by atoms with Gasteiger partial charge in [0.25, 0.3) is 5.69 Å². The van der Waals surface area contributed by atoms with Crippen molar-refractivity contribution in [1.29, 1.82) is 0 Å². The topological polar surface area (TPSA) is 105 Å². The van der Waals surface area contributed by atoms with Gasteiger partial charge >= 0.3 is 5.97 Å². The van der Waals surface area contributed by atoms with Crippen LogP contribution in [0.15, 0.2) is 18.2 Å². The van der Waals surface area contributed by atoms with Gasteiger partial charge in [-0.05, 0) is 51.4 Å². The summed E-state index contributed by atoms with van der Waals surface area (Å²) in [6.45, 7) is 3.96. The lowest BCUT2D eigenvalue weighted by Gasteiger charge is -2.29. The Morgan fingerprint density at radius 2 is 2.04 bits per heavy atom. The van der Waals surface area contributed by atoms with Crippen molar-refractivity contribution in [2.24, 2.45) is 0 Å². The van der Waals surface area contributed by atoms with E-state index in [9.17, 15) is 19.7 Å². The highest BCUT2D eigenvalue weighted by Gasteiger charge is 2.27. The number of nitro benzene ring substituents is 1. The lowest BCUT2D eigenvalue weighted by Crippen LogP contribution is -2.43. The van der Waals surface area contributed by atoms with Gasteiger partial charge in [-0.25, -0.2) is 4.79 Å². The minimum atomic E-state index is -0.554. The van der Waals surface area contributed by atoms with Crippen molar-refractivity contribution in [3.05, 3.63) is 28.3 Å². The summed E-state index contributed by atoms with van der Waals surface area (Å²) in [6, 6.07) is 4.04. The molecule has 0 atom stereocenters. The molecule has 3 rings (SSSR count). The molecule has 2 aliphatic rings. The first-order valence-electron chi connectivity index (χ1n) is 9.26. The lowest BCUT2D eigenvalue weighted by atomic mass is 10.2. The third-order valence-corrected chi connectivity index (χ3v) is 4.80. The maximum Gasteiger partial charge on any atom is 0.331 e. The van der Waals surface area contributed by atoms with E-state index in [2.05, 4.69) is 10.2 Å². The number of anilines is 1. The van der Waals surface area contributed by atoms with Crippen LogP contribution in [0.2, 0.25) is 0 Å². The van der Waals surface area contributed by atoms with Crippen molar-refractivity contribution in [3.8, 4) is 5.75 Å². The van der Waals surface area contributed by atoms with Gasteiger partial charge in [0.1, 0.15) is 6.54 Å². The minimum Gasteiger partial charge on any atom is -0.423 e.